The van der Waals surface area contributed by atoms with E-state index in [1.54, 1.807) is 18.2 Å². The molecule has 1 aromatic rings. The summed E-state index contributed by atoms with van der Waals surface area (Å²) in [6.45, 7) is 2.66. The summed E-state index contributed by atoms with van der Waals surface area (Å²) in [5.41, 5.74) is 6.39. The number of ether oxygens (including phenoxy) is 1. The monoisotopic (exact) mass is 330 g/mol. The standard InChI is InChI=1S/C14H22N2O3S2/c1-2-19-14-4-3-13(9-11(14)10-15)21(17,18)16-12-5-7-20-8-6-12/h3-4,9,12,16H,2,5-8,10,15H2,1H3. The first-order valence-electron chi connectivity index (χ1n) is 7.12. The van der Waals surface area contributed by atoms with Crippen molar-refractivity contribution in [1.29, 1.82) is 0 Å². The molecule has 1 aliphatic rings. The summed E-state index contributed by atoms with van der Waals surface area (Å²) in [5, 5.41) is 0. The molecule has 0 amide bonds. The van der Waals surface area contributed by atoms with Gasteiger partial charge in [0.1, 0.15) is 5.75 Å². The second kappa shape index (κ2) is 7.49. The number of rotatable bonds is 6. The van der Waals surface area contributed by atoms with Gasteiger partial charge in [-0.2, -0.15) is 11.8 Å². The molecule has 0 bridgehead atoms. The molecule has 0 aliphatic carbocycles. The van der Waals surface area contributed by atoms with Crippen LogP contribution in [0.25, 0.3) is 0 Å². The van der Waals surface area contributed by atoms with E-state index in [2.05, 4.69) is 4.72 Å². The van der Waals surface area contributed by atoms with Crippen LogP contribution >= 0.6 is 11.8 Å². The van der Waals surface area contributed by atoms with Crippen LogP contribution in [0, 0.1) is 0 Å². The van der Waals surface area contributed by atoms with Crippen molar-refractivity contribution in [2.24, 2.45) is 5.73 Å². The molecule has 7 heteroatoms. The lowest BCUT2D eigenvalue weighted by Crippen LogP contribution is -2.37. The van der Waals surface area contributed by atoms with Gasteiger partial charge >= 0.3 is 0 Å². The highest BCUT2D eigenvalue weighted by Crippen LogP contribution is 2.24. The van der Waals surface area contributed by atoms with Gasteiger partial charge in [-0.3, -0.25) is 0 Å². The van der Waals surface area contributed by atoms with Crippen LogP contribution in [0.5, 0.6) is 5.75 Å². The molecule has 0 radical (unpaired) electrons. The first kappa shape index (κ1) is 16.6. The molecule has 1 heterocycles. The van der Waals surface area contributed by atoms with Crippen LogP contribution in [0.3, 0.4) is 0 Å². The van der Waals surface area contributed by atoms with Gasteiger partial charge in [-0.15, -0.1) is 0 Å². The van der Waals surface area contributed by atoms with Crippen LogP contribution in [-0.2, 0) is 16.6 Å². The third-order valence-electron chi connectivity index (χ3n) is 3.41. The Bertz CT molecular complexity index is 570. The molecule has 0 aromatic heterocycles. The molecule has 0 spiro atoms. The lowest BCUT2D eigenvalue weighted by atomic mass is 10.2. The second-order valence-corrected chi connectivity index (χ2v) is 7.85. The topological polar surface area (TPSA) is 81.4 Å². The van der Waals surface area contributed by atoms with Crippen LogP contribution in [0.1, 0.15) is 25.3 Å². The van der Waals surface area contributed by atoms with Crippen molar-refractivity contribution in [3.05, 3.63) is 23.8 Å². The molecular weight excluding hydrogens is 308 g/mol. The maximum absolute atomic E-state index is 12.4. The summed E-state index contributed by atoms with van der Waals surface area (Å²) in [6, 6.07) is 4.88. The summed E-state index contributed by atoms with van der Waals surface area (Å²) in [5.74, 6) is 2.66. The molecule has 5 nitrogen and oxygen atoms in total. The fraction of sp³-hybridized carbons (Fsp3) is 0.571. The molecular formula is C14H22N2O3S2. The molecule has 21 heavy (non-hydrogen) atoms. The lowest BCUT2D eigenvalue weighted by Gasteiger charge is -2.22. The first-order valence-corrected chi connectivity index (χ1v) is 9.76. The van der Waals surface area contributed by atoms with Gasteiger partial charge in [0.2, 0.25) is 10.0 Å². The van der Waals surface area contributed by atoms with E-state index in [1.807, 2.05) is 18.7 Å². The summed E-state index contributed by atoms with van der Waals surface area (Å²) in [4.78, 5) is 0.254. The van der Waals surface area contributed by atoms with E-state index in [-0.39, 0.29) is 17.5 Å². The minimum atomic E-state index is -3.49. The summed E-state index contributed by atoms with van der Waals surface area (Å²) < 4.78 is 33.1. The van der Waals surface area contributed by atoms with Crippen molar-refractivity contribution in [1.82, 2.24) is 4.72 Å². The molecule has 1 fully saturated rings. The number of thioether (sulfide) groups is 1. The van der Waals surface area contributed by atoms with Gasteiger partial charge in [0.15, 0.2) is 0 Å². The van der Waals surface area contributed by atoms with Crippen LogP contribution in [-0.4, -0.2) is 32.6 Å². The van der Waals surface area contributed by atoms with Gasteiger partial charge in [0.25, 0.3) is 0 Å². The SMILES string of the molecule is CCOc1ccc(S(=O)(=O)NC2CCSCC2)cc1CN. The van der Waals surface area contributed by atoms with Gasteiger partial charge < -0.3 is 10.5 Å². The number of nitrogens with two attached hydrogens (primary N) is 1. The Balaban J connectivity index is 2.18. The molecule has 1 aromatic carbocycles. The first-order chi connectivity index (χ1) is 10.1. The van der Waals surface area contributed by atoms with E-state index in [1.165, 1.54) is 0 Å². The smallest absolute Gasteiger partial charge is 0.240 e. The van der Waals surface area contributed by atoms with Gasteiger partial charge in [0.05, 0.1) is 11.5 Å². The van der Waals surface area contributed by atoms with E-state index in [0.29, 0.717) is 17.9 Å². The Labute approximate surface area is 130 Å². The maximum atomic E-state index is 12.4. The van der Waals surface area contributed by atoms with Gasteiger partial charge in [-0.05, 0) is 49.5 Å². The number of sulfonamides is 1. The second-order valence-electron chi connectivity index (χ2n) is 4.91. The van der Waals surface area contributed by atoms with E-state index < -0.39 is 10.0 Å². The Morgan fingerprint density at radius 3 is 2.71 bits per heavy atom. The highest BCUT2D eigenvalue weighted by atomic mass is 32.2. The third kappa shape index (κ3) is 4.35. The van der Waals surface area contributed by atoms with Crippen LogP contribution < -0.4 is 15.2 Å². The van der Waals surface area contributed by atoms with E-state index in [9.17, 15) is 8.42 Å². The van der Waals surface area contributed by atoms with Gasteiger partial charge in [0, 0.05) is 18.2 Å². The van der Waals surface area contributed by atoms with Gasteiger partial charge in [-0.1, -0.05) is 0 Å². The number of hydrogen-bond donors (Lipinski definition) is 2. The van der Waals surface area contributed by atoms with Crippen LogP contribution in [0.4, 0.5) is 0 Å². The summed E-state index contributed by atoms with van der Waals surface area (Å²) in [6.07, 6.45) is 1.76. The highest BCUT2D eigenvalue weighted by Gasteiger charge is 2.22. The van der Waals surface area contributed by atoms with Crippen molar-refractivity contribution in [3.8, 4) is 5.75 Å². The van der Waals surface area contributed by atoms with E-state index in [4.69, 9.17) is 10.5 Å². The molecule has 3 N–H and O–H groups in total. The molecule has 1 saturated heterocycles. The Hall–Kier alpha value is -0.760. The number of nitrogens with one attached hydrogen (secondary N) is 1. The molecule has 0 saturated carbocycles. The van der Waals surface area contributed by atoms with Crippen LogP contribution in [0.2, 0.25) is 0 Å². The van der Waals surface area contributed by atoms with Crippen molar-refractivity contribution < 1.29 is 13.2 Å². The fourth-order valence-electron chi connectivity index (χ4n) is 2.28. The average Bonchev–Trinajstić information content (AvgIpc) is 2.48. The van der Waals surface area contributed by atoms with E-state index in [0.717, 1.165) is 24.3 Å². The van der Waals surface area contributed by atoms with Crippen molar-refractivity contribution >= 4 is 21.8 Å². The zero-order chi connectivity index (χ0) is 15.3. The Kier molecular flexibility index (Phi) is 5.92. The maximum Gasteiger partial charge on any atom is 0.240 e. The van der Waals surface area contributed by atoms with Crippen molar-refractivity contribution in [2.75, 3.05) is 18.1 Å². The quantitative estimate of drug-likeness (QED) is 0.830. The largest absolute Gasteiger partial charge is 0.494 e. The summed E-state index contributed by atoms with van der Waals surface area (Å²) >= 11 is 1.87. The molecule has 0 unspecified atom stereocenters. The lowest BCUT2D eigenvalue weighted by molar-refractivity contribution is 0.336. The molecule has 1 aliphatic heterocycles. The van der Waals surface area contributed by atoms with Gasteiger partial charge in [-0.25, -0.2) is 13.1 Å². The fourth-order valence-corrected chi connectivity index (χ4v) is 4.74. The minimum absolute atomic E-state index is 0.0316. The molecule has 2 rings (SSSR count). The minimum Gasteiger partial charge on any atom is -0.494 e. The molecule has 0 atom stereocenters. The third-order valence-corrected chi connectivity index (χ3v) is 5.97. The average molecular weight is 330 g/mol. The summed E-state index contributed by atoms with van der Waals surface area (Å²) in [7, 11) is -3.49. The Morgan fingerprint density at radius 2 is 2.10 bits per heavy atom. The van der Waals surface area contributed by atoms with Crippen molar-refractivity contribution in [2.45, 2.75) is 37.2 Å². The van der Waals surface area contributed by atoms with E-state index >= 15 is 0 Å². The normalized spacial score (nSPS) is 16.9. The predicted octanol–water partition coefficient (Wildman–Crippen LogP) is 1.72. The Morgan fingerprint density at radius 1 is 1.38 bits per heavy atom. The van der Waals surface area contributed by atoms with Crippen molar-refractivity contribution in [3.63, 3.8) is 0 Å². The number of benzene rings is 1. The zero-order valence-electron chi connectivity index (χ0n) is 12.2. The zero-order valence-corrected chi connectivity index (χ0v) is 13.8. The number of hydrogen-bond acceptors (Lipinski definition) is 5. The van der Waals surface area contributed by atoms with Crippen LogP contribution in [0.15, 0.2) is 23.1 Å². The predicted molar refractivity (Wildman–Crippen MR) is 86.2 cm³/mol. The highest BCUT2D eigenvalue weighted by molar-refractivity contribution is 7.99. The molecule has 118 valence electrons.